The Labute approximate surface area is 352 Å². The van der Waals surface area contributed by atoms with Crippen molar-refractivity contribution in [2.75, 3.05) is 0 Å². The molecule has 0 radical (unpaired) electrons. The predicted molar refractivity (Wildman–Crippen MR) is 234 cm³/mol. The fourth-order valence-corrected chi connectivity index (χ4v) is 7.00. The summed E-state index contributed by atoms with van der Waals surface area (Å²) < 4.78 is 11.4. The van der Waals surface area contributed by atoms with Crippen LogP contribution in [0.25, 0.3) is 78.5 Å². The summed E-state index contributed by atoms with van der Waals surface area (Å²) in [6.45, 7) is 12.4. The summed E-state index contributed by atoms with van der Waals surface area (Å²) >= 11 is 0. The third-order valence-corrected chi connectivity index (χ3v) is 10.2. The van der Waals surface area contributed by atoms with E-state index in [-0.39, 0.29) is 38.3 Å². The van der Waals surface area contributed by atoms with Crippen molar-refractivity contribution in [3.8, 4) is 61.5 Å². The van der Waals surface area contributed by atoms with Gasteiger partial charge in [0.1, 0.15) is 11.6 Å². The van der Waals surface area contributed by atoms with E-state index in [1.54, 1.807) is 0 Å². The Balaban J connectivity index is 0.00000512. The molecule has 0 spiro atoms. The van der Waals surface area contributed by atoms with E-state index >= 15 is 0 Å². The van der Waals surface area contributed by atoms with E-state index in [1.807, 2.05) is 80.1 Å². The van der Waals surface area contributed by atoms with Crippen LogP contribution in [-0.2, 0) is 26.5 Å². The zero-order chi connectivity index (χ0) is 39.9. The molecule has 8 aromatic rings. The van der Waals surface area contributed by atoms with Crippen LogP contribution in [0.15, 0.2) is 164 Å². The molecule has 0 amide bonds. The molecule has 0 saturated heterocycles. The Morgan fingerprint density at radius 1 is 0.632 bits per heavy atom. The summed E-state index contributed by atoms with van der Waals surface area (Å²) in [6, 6.07) is 56.0. The van der Waals surface area contributed by atoms with Crippen molar-refractivity contribution in [3.05, 3.63) is 181 Å². The second kappa shape index (κ2) is 16.0. The minimum absolute atomic E-state index is 0. The quantitative estimate of drug-likeness (QED) is 0.128. The number of fused-ring (bicyclic) bond motifs is 1. The molecule has 57 heavy (non-hydrogen) atoms. The maximum absolute atomic E-state index is 11.5. The average Bonchev–Trinajstić information content (AvgIpc) is 3.63. The van der Waals surface area contributed by atoms with Crippen molar-refractivity contribution in [2.45, 2.75) is 47.0 Å². The monoisotopic (exact) mass is 924 g/mol. The number of aliphatic hydroxyl groups excluding tert-OH is 1. The van der Waals surface area contributed by atoms with E-state index in [4.69, 9.17) is 9.97 Å². The normalized spacial score (nSPS) is 12.5. The number of allylic oxidation sites excluding steroid dienone is 1. The number of rotatable bonds is 7. The number of pyridine rings is 1. The molecular formula is C52H46N3OPt-. The Bertz CT molecular complexity index is 2760. The fourth-order valence-electron chi connectivity index (χ4n) is 7.00. The summed E-state index contributed by atoms with van der Waals surface area (Å²) in [5, 5.41) is 11.5. The molecule has 4 nitrogen and oxygen atoms in total. The molecule has 0 aliphatic heterocycles. The zero-order valence-electron chi connectivity index (χ0n) is 34.1. The SMILES string of the molecule is [2H]/C(=C(/O)C(C)(C)C)c1nc2c(-c3[c-]c(-c4cc(-c5ccc(-c6ccccc6)cc5)ccn4)cc(C(C)(C)C)c3)cccc2n1-c1ccccc1-c1ccccc1.[Pt]. The van der Waals surface area contributed by atoms with Crippen LogP contribution in [0, 0.1) is 11.5 Å². The van der Waals surface area contributed by atoms with E-state index in [0.717, 1.165) is 66.9 Å². The average molecular weight is 925 g/mol. The zero-order valence-corrected chi connectivity index (χ0v) is 35.4. The number of benzene rings is 6. The first kappa shape index (κ1) is 38.1. The maximum atomic E-state index is 11.5. The van der Waals surface area contributed by atoms with Crippen LogP contribution in [0.5, 0.6) is 0 Å². The first-order chi connectivity index (χ1) is 27.4. The van der Waals surface area contributed by atoms with Crippen LogP contribution in [0.3, 0.4) is 0 Å². The third kappa shape index (κ3) is 8.20. The van der Waals surface area contributed by atoms with Gasteiger partial charge in [0.05, 0.1) is 18.1 Å². The van der Waals surface area contributed by atoms with Gasteiger partial charge in [-0.1, -0.05) is 174 Å². The largest absolute Gasteiger partial charge is 0.512 e. The summed E-state index contributed by atoms with van der Waals surface area (Å²) in [5.41, 5.74) is 12.8. The molecule has 0 aliphatic carbocycles. The molecule has 0 atom stereocenters. The maximum Gasteiger partial charge on any atom is 0.140 e. The Morgan fingerprint density at radius 3 is 1.88 bits per heavy atom. The molecule has 2 aromatic heterocycles. The van der Waals surface area contributed by atoms with Gasteiger partial charge < -0.3 is 5.11 Å². The number of nitrogens with zero attached hydrogens (tertiary/aromatic N) is 3. The molecule has 0 unspecified atom stereocenters. The summed E-state index contributed by atoms with van der Waals surface area (Å²) in [7, 11) is 0. The molecule has 286 valence electrons. The van der Waals surface area contributed by atoms with E-state index in [0.29, 0.717) is 5.82 Å². The van der Waals surface area contributed by atoms with Gasteiger partial charge in [0.15, 0.2) is 0 Å². The van der Waals surface area contributed by atoms with Gasteiger partial charge in [-0.2, -0.15) is 0 Å². The molecular weight excluding hydrogens is 878 g/mol. The smallest absolute Gasteiger partial charge is 0.140 e. The number of imidazole rings is 1. The Morgan fingerprint density at radius 2 is 1.21 bits per heavy atom. The second-order valence-corrected chi connectivity index (χ2v) is 16.4. The fraction of sp³-hybridized carbons (Fsp3) is 0.154. The van der Waals surface area contributed by atoms with Crippen molar-refractivity contribution in [3.63, 3.8) is 0 Å². The molecule has 0 bridgehead atoms. The van der Waals surface area contributed by atoms with E-state index in [9.17, 15) is 6.48 Å². The minimum Gasteiger partial charge on any atom is -0.512 e. The third-order valence-electron chi connectivity index (χ3n) is 10.2. The molecule has 8 rings (SSSR count). The molecule has 2 heterocycles. The number of aliphatic hydroxyl groups is 1. The first-order valence-electron chi connectivity index (χ1n) is 19.6. The van der Waals surface area contributed by atoms with Crippen LogP contribution in [-0.4, -0.2) is 19.6 Å². The molecule has 6 aromatic carbocycles. The molecule has 5 heteroatoms. The second-order valence-electron chi connectivity index (χ2n) is 16.4. The Kier molecular flexibility index (Phi) is 10.7. The van der Waals surface area contributed by atoms with Gasteiger partial charge in [-0.15, -0.1) is 29.3 Å². The summed E-state index contributed by atoms with van der Waals surface area (Å²) in [6.07, 6.45) is 1.87. The van der Waals surface area contributed by atoms with Crippen molar-refractivity contribution in [2.24, 2.45) is 5.41 Å². The van der Waals surface area contributed by atoms with Crippen LogP contribution in [0.1, 0.15) is 54.3 Å². The van der Waals surface area contributed by atoms with Crippen molar-refractivity contribution >= 4 is 17.1 Å². The van der Waals surface area contributed by atoms with Gasteiger partial charge in [0, 0.05) is 50.0 Å². The number of hydrogen-bond acceptors (Lipinski definition) is 3. The van der Waals surface area contributed by atoms with E-state index in [2.05, 4.69) is 130 Å². The number of aromatic nitrogens is 3. The van der Waals surface area contributed by atoms with Crippen LogP contribution in [0.4, 0.5) is 0 Å². The number of para-hydroxylation sites is 2. The number of hydrogen-bond donors (Lipinski definition) is 1. The predicted octanol–water partition coefficient (Wildman–Crippen LogP) is 13.8. The van der Waals surface area contributed by atoms with Crippen LogP contribution in [0.2, 0.25) is 0 Å². The standard InChI is InChI=1S/C52H46N3O.Pt/c1-51(2,3)42-31-40(30-41(32-42)45-33-39(28-29-53-45)37-26-24-36(25-27-37)35-16-9-7-10-17-35)44-21-15-23-47-50(44)54-49(34-48(56)52(4,5)6)55(47)46-22-14-13-20-43(46)38-18-11-8-12-19-38;/h7-29,31-34,56H,1-6H3;/q-1;/b48-34-;/i34D;. The minimum atomic E-state index is -0.656. The van der Waals surface area contributed by atoms with E-state index < -0.39 is 5.41 Å². The van der Waals surface area contributed by atoms with Crippen LogP contribution >= 0.6 is 0 Å². The summed E-state index contributed by atoms with van der Waals surface area (Å²) in [5.74, 6) is 0.343. The molecule has 1 N–H and O–H groups in total. The van der Waals surface area contributed by atoms with E-state index in [1.165, 1.54) is 11.1 Å². The Hall–Kier alpha value is -5.83. The van der Waals surface area contributed by atoms with Gasteiger partial charge in [-0.25, -0.2) is 4.98 Å². The summed E-state index contributed by atoms with van der Waals surface area (Å²) in [4.78, 5) is 10.1. The molecule has 0 saturated carbocycles. The van der Waals surface area contributed by atoms with Gasteiger partial charge in [-0.05, 0) is 51.4 Å². The van der Waals surface area contributed by atoms with Crippen LogP contribution < -0.4 is 0 Å². The molecule has 0 aliphatic rings. The van der Waals surface area contributed by atoms with Gasteiger partial charge >= 0.3 is 0 Å². The topological polar surface area (TPSA) is 50.9 Å². The van der Waals surface area contributed by atoms with Gasteiger partial charge in [0.2, 0.25) is 0 Å². The van der Waals surface area contributed by atoms with Gasteiger partial charge in [-0.3, -0.25) is 9.55 Å². The van der Waals surface area contributed by atoms with Gasteiger partial charge in [0.25, 0.3) is 0 Å². The first-order valence-corrected chi connectivity index (χ1v) is 19.1. The van der Waals surface area contributed by atoms with Crippen molar-refractivity contribution < 1.29 is 27.5 Å². The van der Waals surface area contributed by atoms with Crippen molar-refractivity contribution in [1.82, 2.24) is 14.5 Å². The van der Waals surface area contributed by atoms with Crippen molar-refractivity contribution in [1.29, 1.82) is 0 Å². The molecule has 0 fully saturated rings.